The summed E-state index contributed by atoms with van der Waals surface area (Å²) in [5.41, 5.74) is 6.25. The van der Waals surface area contributed by atoms with Gasteiger partial charge >= 0.3 is 0 Å². The van der Waals surface area contributed by atoms with Crippen molar-refractivity contribution in [1.82, 2.24) is 15.1 Å². The van der Waals surface area contributed by atoms with Crippen molar-refractivity contribution in [3.8, 4) is 0 Å². The molecule has 2 fully saturated rings. The number of hydrogen-bond donors (Lipinski definition) is 2. The van der Waals surface area contributed by atoms with Crippen LogP contribution >= 0.6 is 0 Å². The van der Waals surface area contributed by atoms with Crippen molar-refractivity contribution in [1.29, 1.82) is 0 Å². The second kappa shape index (κ2) is 6.53. The highest BCUT2D eigenvalue weighted by atomic mass is 15.3. The Morgan fingerprint density at radius 2 is 2.00 bits per heavy atom. The van der Waals surface area contributed by atoms with E-state index in [9.17, 15) is 0 Å². The summed E-state index contributed by atoms with van der Waals surface area (Å²) < 4.78 is 0. The zero-order chi connectivity index (χ0) is 13.9. The Kier molecular flexibility index (Phi) is 5.23. The highest BCUT2D eigenvalue weighted by molar-refractivity contribution is 5.05. The van der Waals surface area contributed by atoms with Crippen molar-refractivity contribution in [3.63, 3.8) is 0 Å². The first kappa shape index (κ1) is 15.2. The van der Waals surface area contributed by atoms with Gasteiger partial charge in [0, 0.05) is 43.8 Å². The standard InChI is InChI=1S/C15H32N4/c1-4-18(5-2)9-8-17-15(11-16)10-13(3)19(12-15)14-6-7-14/h13-14,17H,4-12,16H2,1-3H3. The van der Waals surface area contributed by atoms with Crippen molar-refractivity contribution in [3.05, 3.63) is 0 Å². The summed E-state index contributed by atoms with van der Waals surface area (Å²) in [6, 6.07) is 1.55. The van der Waals surface area contributed by atoms with Crippen LogP contribution in [0.2, 0.25) is 0 Å². The zero-order valence-corrected chi connectivity index (χ0v) is 13.0. The molecule has 112 valence electrons. The van der Waals surface area contributed by atoms with E-state index in [1.165, 1.54) is 19.3 Å². The van der Waals surface area contributed by atoms with Crippen LogP contribution < -0.4 is 11.1 Å². The number of likely N-dealkylation sites (N-methyl/N-ethyl adjacent to an activating group) is 1. The molecule has 2 rings (SSSR count). The van der Waals surface area contributed by atoms with Crippen LogP contribution in [0.1, 0.15) is 40.0 Å². The minimum Gasteiger partial charge on any atom is -0.329 e. The van der Waals surface area contributed by atoms with Crippen molar-refractivity contribution < 1.29 is 0 Å². The number of nitrogens with two attached hydrogens (primary N) is 1. The molecule has 4 heteroatoms. The fraction of sp³-hybridized carbons (Fsp3) is 1.00. The number of nitrogens with one attached hydrogen (secondary N) is 1. The zero-order valence-electron chi connectivity index (χ0n) is 13.0. The van der Waals surface area contributed by atoms with Crippen molar-refractivity contribution in [2.75, 3.05) is 39.3 Å². The summed E-state index contributed by atoms with van der Waals surface area (Å²) in [7, 11) is 0. The lowest BCUT2D eigenvalue weighted by molar-refractivity contribution is 0.234. The lowest BCUT2D eigenvalue weighted by atomic mass is 9.96. The summed E-state index contributed by atoms with van der Waals surface area (Å²) in [5, 5.41) is 3.78. The Morgan fingerprint density at radius 3 is 2.53 bits per heavy atom. The molecule has 2 aliphatic rings. The number of hydrogen-bond acceptors (Lipinski definition) is 4. The van der Waals surface area contributed by atoms with Crippen LogP contribution in [0.25, 0.3) is 0 Å². The highest BCUT2D eigenvalue weighted by Crippen LogP contribution is 2.36. The third kappa shape index (κ3) is 3.69. The molecule has 0 spiro atoms. The monoisotopic (exact) mass is 268 g/mol. The van der Waals surface area contributed by atoms with Crippen LogP contribution in [-0.4, -0.2) is 66.7 Å². The Morgan fingerprint density at radius 1 is 1.32 bits per heavy atom. The summed E-state index contributed by atoms with van der Waals surface area (Å²) in [6.45, 7) is 13.2. The molecule has 3 N–H and O–H groups in total. The van der Waals surface area contributed by atoms with Crippen LogP contribution in [0.3, 0.4) is 0 Å². The molecule has 1 aliphatic carbocycles. The summed E-state index contributed by atoms with van der Waals surface area (Å²) in [6.07, 6.45) is 3.99. The van der Waals surface area contributed by atoms with Gasteiger partial charge in [-0.1, -0.05) is 13.8 Å². The van der Waals surface area contributed by atoms with Crippen LogP contribution in [0.4, 0.5) is 0 Å². The molecule has 2 atom stereocenters. The van der Waals surface area contributed by atoms with Crippen LogP contribution in [-0.2, 0) is 0 Å². The Balaban J connectivity index is 1.82. The highest BCUT2D eigenvalue weighted by Gasteiger charge is 2.45. The Labute approximate surface area is 118 Å². The van der Waals surface area contributed by atoms with E-state index in [1.54, 1.807) is 0 Å². The number of nitrogens with zero attached hydrogens (tertiary/aromatic N) is 2. The molecule has 0 aromatic heterocycles. The summed E-state index contributed by atoms with van der Waals surface area (Å²) in [5.74, 6) is 0. The van der Waals surface area contributed by atoms with Gasteiger partial charge in [-0.25, -0.2) is 0 Å². The molecule has 0 aromatic carbocycles. The van der Waals surface area contributed by atoms with Gasteiger partial charge in [0.05, 0.1) is 0 Å². The molecule has 4 nitrogen and oxygen atoms in total. The minimum absolute atomic E-state index is 0.162. The van der Waals surface area contributed by atoms with E-state index in [-0.39, 0.29) is 5.54 Å². The van der Waals surface area contributed by atoms with Gasteiger partial charge in [0.1, 0.15) is 0 Å². The lowest BCUT2D eigenvalue weighted by Gasteiger charge is -2.31. The molecule has 0 bridgehead atoms. The van der Waals surface area contributed by atoms with E-state index < -0.39 is 0 Å². The molecule has 19 heavy (non-hydrogen) atoms. The fourth-order valence-corrected chi connectivity index (χ4v) is 3.51. The maximum atomic E-state index is 6.09. The Bertz CT molecular complexity index is 275. The third-order valence-electron chi connectivity index (χ3n) is 4.97. The smallest absolute Gasteiger partial charge is 0.0448 e. The first-order chi connectivity index (χ1) is 9.14. The summed E-state index contributed by atoms with van der Waals surface area (Å²) >= 11 is 0. The third-order valence-corrected chi connectivity index (χ3v) is 4.97. The van der Waals surface area contributed by atoms with Gasteiger partial charge in [0.15, 0.2) is 0 Å². The maximum Gasteiger partial charge on any atom is 0.0448 e. The van der Waals surface area contributed by atoms with Gasteiger partial charge < -0.3 is 16.0 Å². The van der Waals surface area contributed by atoms with E-state index in [0.717, 1.165) is 45.3 Å². The van der Waals surface area contributed by atoms with E-state index in [4.69, 9.17) is 5.73 Å². The van der Waals surface area contributed by atoms with E-state index in [1.807, 2.05) is 0 Å². The topological polar surface area (TPSA) is 44.5 Å². The largest absolute Gasteiger partial charge is 0.329 e. The van der Waals surface area contributed by atoms with Gasteiger partial charge in [-0.15, -0.1) is 0 Å². The SMILES string of the molecule is CCN(CC)CCNC1(CN)CC(C)N(C2CC2)C1. The molecular weight excluding hydrogens is 236 g/mol. The van der Waals surface area contributed by atoms with Gasteiger partial charge in [0.25, 0.3) is 0 Å². The Hall–Kier alpha value is -0.160. The van der Waals surface area contributed by atoms with E-state index in [0.29, 0.717) is 6.04 Å². The number of likely N-dealkylation sites (tertiary alicyclic amines) is 1. The van der Waals surface area contributed by atoms with Crippen molar-refractivity contribution >= 4 is 0 Å². The first-order valence-electron chi connectivity index (χ1n) is 8.07. The van der Waals surface area contributed by atoms with Crippen molar-refractivity contribution in [2.45, 2.75) is 57.7 Å². The fourth-order valence-electron chi connectivity index (χ4n) is 3.51. The molecule has 0 radical (unpaired) electrons. The van der Waals surface area contributed by atoms with Crippen LogP contribution in [0.15, 0.2) is 0 Å². The van der Waals surface area contributed by atoms with Crippen LogP contribution in [0, 0.1) is 0 Å². The molecular formula is C15H32N4. The van der Waals surface area contributed by atoms with Crippen LogP contribution in [0.5, 0.6) is 0 Å². The molecule has 1 heterocycles. The van der Waals surface area contributed by atoms with Gasteiger partial charge in [-0.2, -0.15) is 0 Å². The quantitative estimate of drug-likeness (QED) is 0.686. The number of rotatable bonds is 8. The molecule has 2 unspecified atom stereocenters. The molecule has 0 aromatic rings. The normalized spacial score (nSPS) is 32.4. The molecule has 1 saturated carbocycles. The van der Waals surface area contributed by atoms with Gasteiger partial charge in [-0.3, -0.25) is 4.90 Å². The molecule has 1 saturated heterocycles. The summed E-state index contributed by atoms with van der Waals surface area (Å²) in [4.78, 5) is 5.14. The lowest BCUT2D eigenvalue weighted by Crippen LogP contribution is -2.55. The molecule has 0 amide bonds. The predicted octanol–water partition coefficient (Wildman–Crippen LogP) is 0.872. The van der Waals surface area contributed by atoms with Gasteiger partial charge in [0.2, 0.25) is 0 Å². The average Bonchev–Trinajstić information content (AvgIpc) is 3.20. The predicted molar refractivity (Wildman–Crippen MR) is 81.4 cm³/mol. The first-order valence-corrected chi connectivity index (χ1v) is 8.07. The van der Waals surface area contributed by atoms with Crippen molar-refractivity contribution in [2.24, 2.45) is 5.73 Å². The van der Waals surface area contributed by atoms with E-state index >= 15 is 0 Å². The molecule has 1 aliphatic heterocycles. The second-order valence-corrected chi connectivity index (χ2v) is 6.39. The average molecular weight is 268 g/mol. The minimum atomic E-state index is 0.162. The maximum absolute atomic E-state index is 6.09. The second-order valence-electron chi connectivity index (χ2n) is 6.39. The van der Waals surface area contributed by atoms with E-state index in [2.05, 4.69) is 35.9 Å². The van der Waals surface area contributed by atoms with Gasteiger partial charge in [-0.05, 0) is 39.3 Å².